The van der Waals surface area contributed by atoms with Crippen LogP contribution in [-0.4, -0.2) is 20.8 Å². The highest BCUT2D eigenvalue weighted by Gasteiger charge is 2.24. The topological polar surface area (TPSA) is 43.4 Å². The van der Waals surface area contributed by atoms with Crippen LogP contribution in [0.3, 0.4) is 0 Å². The summed E-state index contributed by atoms with van der Waals surface area (Å²) in [6.45, 7) is 0. The van der Waals surface area contributed by atoms with E-state index >= 15 is 0 Å². The van der Waals surface area contributed by atoms with Crippen LogP contribution in [0.4, 0.5) is 8.78 Å². The number of aryl methyl sites for hydroxylation is 1. The minimum Gasteiger partial charge on any atom is -0.267 e. The SMILES string of the molecule is CS(=O)(=O)OC1CCc2cc(F)c(F)cc2C1. The van der Waals surface area contributed by atoms with Crippen molar-refractivity contribution in [2.24, 2.45) is 0 Å². The van der Waals surface area contributed by atoms with Gasteiger partial charge < -0.3 is 0 Å². The lowest BCUT2D eigenvalue weighted by atomic mass is 9.90. The van der Waals surface area contributed by atoms with Crippen LogP contribution in [0.1, 0.15) is 17.5 Å². The van der Waals surface area contributed by atoms with Crippen molar-refractivity contribution < 1.29 is 21.4 Å². The molecule has 1 aromatic rings. The zero-order valence-corrected chi connectivity index (χ0v) is 10.1. The minimum atomic E-state index is -3.51. The standard InChI is InChI=1S/C11H12F2O3S/c1-17(14,15)16-9-3-2-7-5-10(12)11(13)6-8(7)4-9/h5-6,9H,2-4H2,1H3. The smallest absolute Gasteiger partial charge is 0.264 e. The first kappa shape index (κ1) is 12.4. The van der Waals surface area contributed by atoms with Crippen LogP contribution in [0.25, 0.3) is 0 Å². The second-order valence-electron chi connectivity index (χ2n) is 4.20. The quantitative estimate of drug-likeness (QED) is 0.763. The van der Waals surface area contributed by atoms with Crippen molar-refractivity contribution in [1.82, 2.24) is 0 Å². The Labute approximate surface area is 98.5 Å². The molecule has 1 aliphatic rings. The van der Waals surface area contributed by atoms with Gasteiger partial charge in [-0.05, 0) is 36.1 Å². The summed E-state index contributed by atoms with van der Waals surface area (Å²) in [7, 11) is -3.51. The Morgan fingerprint density at radius 1 is 1.24 bits per heavy atom. The Hall–Kier alpha value is -1.01. The van der Waals surface area contributed by atoms with Crippen LogP contribution in [0.2, 0.25) is 0 Å². The third-order valence-electron chi connectivity index (χ3n) is 2.74. The maximum Gasteiger partial charge on any atom is 0.264 e. The van der Waals surface area contributed by atoms with Crippen LogP contribution >= 0.6 is 0 Å². The van der Waals surface area contributed by atoms with Crippen LogP contribution in [0, 0.1) is 11.6 Å². The van der Waals surface area contributed by atoms with E-state index in [1.165, 1.54) is 6.07 Å². The van der Waals surface area contributed by atoms with Crippen molar-refractivity contribution in [2.75, 3.05) is 6.26 Å². The van der Waals surface area contributed by atoms with Crippen molar-refractivity contribution in [2.45, 2.75) is 25.4 Å². The maximum absolute atomic E-state index is 13.0. The Balaban J connectivity index is 2.22. The Bertz CT molecular complexity index is 540. The van der Waals surface area contributed by atoms with Gasteiger partial charge in [0.05, 0.1) is 12.4 Å². The lowest BCUT2D eigenvalue weighted by Crippen LogP contribution is -2.25. The fraction of sp³-hybridized carbons (Fsp3) is 0.455. The van der Waals surface area contributed by atoms with Crippen molar-refractivity contribution in [3.05, 3.63) is 34.9 Å². The molecule has 0 radical (unpaired) electrons. The Kier molecular flexibility index (Phi) is 3.18. The highest BCUT2D eigenvalue weighted by Crippen LogP contribution is 2.26. The lowest BCUT2D eigenvalue weighted by molar-refractivity contribution is 0.194. The fourth-order valence-electron chi connectivity index (χ4n) is 2.05. The molecule has 3 nitrogen and oxygen atoms in total. The van der Waals surface area contributed by atoms with Crippen molar-refractivity contribution in [1.29, 1.82) is 0 Å². The highest BCUT2D eigenvalue weighted by atomic mass is 32.2. The molecule has 94 valence electrons. The van der Waals surface area contributed by atoms with Crippen LogP contribution < -0.4 is 0 Å². The van der Waals surface area contributed by atoms with Gasteiger partial charge >= 0.3 is 0 Å². The lowest BCUT2D eigenvalue weighted by Gasteiger charge is -2.23. The van der Waals surface area contributed by atoms with Crippen molar-refractivity contribution in [3.8, 4) is 0 Å². The minimum absolute atomic E-state index is 0.291. The maximum atomic E-state index is 13.0. The summed E-state index contributed by atoms with van der Waals surface area (Å²) >= 11 is 0. The van der Waals surface area contributed by atoms with Gasteiger partial charge in [-0.1, -0.05) is 0 Å². The zero-order chi connectivity index (χ0) is 12.6. The van der Waals surface area contributed by atoms with Gasteiger partial charge in [-0.15, -0.1) is 0 Å². The molecule has 0 aromatic heterocycles. The van der Waals surface area contributed by atoms with Gasteiger partial charge in [-0.3, -0.25) is 4.18 Å². The van der Waals surface area contributed by atoms with Crippen LogP contribution in [-0.2, 0) is 27.1 Å². The number of hydrogen-bond donors (Lipinski definition) is 0. The van der Waals surface area contributed by atoms with E-state index in [2.05, 4.69) is 0 Å². The third kappa shape index (κ3) is 3.01. The van der Waals surface area contributed by atoms with Gasteiger partial charge in [-0.2, -0.15) is 8.42 Å². The second kappa shape index (κ2) is 4.34. The molecule has 0 aliphatic heterocycles. The molecule has 0 heterocycles. The second-order valence-corrected chi connectivity index (χ2v) is 5.80. The summed E-state index contributed by atoms with van der Waals surface area (Å²) in [6.07, 6.45) is 1.77. The molecule has 0 amide bonds. The number of halogens is 2. The summed E-state index contributed by atoms with van der Waals surface area (Å²) in [6, 6.07) is 2.28. The molecule has 0 N–H and O–H groups in total. The van der Waals surface area contributed by atoms with Gasteiger partial charge in [0.25, 0.3) is 10.1 Å². The zero-order valence-electron chi connectivity index (χ0n) is 9.24. The first-order valence-electron chi connectivity index (χ1n) is 5.20. The van der Waals surface area contributed by atoms with Crippen LogP contribution in [0.15, 0.2) is 12.1 Å². The summed E-state index contributed by atoms with van der Waals surface area (Å²) in [4.78, 5) is 0. The molecular formula is C11H12F2O3S. The molecule has 1 unspecified atom stereocenters. The highest BCUT2D eigenvalue weighted by molar-refractivity contribution is 7.86. The summed E-state index contributed by atoms with van der Waals surface area (Å²) in [5, 5.41) is 0. The molecular weight excluding hydrogens is 250 g/mol. The van der Waals surface area contributed by atoms with E-state index in [0.717, 1.165) is 17.9 Å². The van der Waals surface area contributed by atoms with E-state index in [-0.39, 0.29) is 0 Å². The molecule has 0 bridgehead atoms. The molecule has 1 aromatic carbocycles. The van der Waals surface area contributed by atoms with E-state index in [0.29, 0.717) is 24.8 Å². The van der Waals surface area contributed by atoms with E-state index in [1.807, 2.05) is 0 Å². The molecule has 0 fully saturated rings. The molecule has 0 spiro atoms. The average Bonchev–Trinajstić information content (AvgIpc) is 2.18. The number of rotatable bonds is 2. The molecule has 17 heavy (non-hydrogen) atoms. The Morgan fingerprint density at radius 3 is 2.41 bits per heavy atom. The molecule has 1 atom stereocenters. The first-order chi connectivity index (χ1) is 7.85. The Morgan fingerprint density at radius 2 is 1.82 bits per heavy atom. The fourth-order valence-corrected chi connectivity index (χ4v) is 2.70. The van der Waals surface area contributed by atoms with Crippen molar-refractivity contribution in [3.63, 3.8) is 0 Å². The average molecular weight is 262 g/mol. The van der Waals surface area contributed by atoms with Gasteiger partial charge in [0.1, 0.15) is 0 Å². The predicted octanol–water partition coefficient (Wildman–Crippen LogP) is 1.80. The predicted molar refractivity (Wildman–Crippen MR) is 58.1 cm³/mol. The largest absolute Gasteiger partial charge is 0.267 e. The number of fused-ring (bicyclic) bond motifs is 1. The van der Waals surface area contributed by atoms with E-state index in [1.54, 1.807) is 0 Å². The molecule has 0 saturated heterocycles. The van der Waals surface area contributed by atoms with E-state index in [4.69, 9.17) is 4.18 Å². The molecule has 0 saturated carbocycles. The van der Waals surface area contributed by atoms with Gasteiger partial charge in [0.2, 0.25) is 0 Å². The summed E-state index contributed by atoms with van der Waals surface area (Å²) in [5.74, 6) is -1.78. The van der Waals surface area contributed by atoms with E-state index < -0.39 is 27.9 Å². The summed E-state index contributed by atoms with van der Waals surface area (Å²) in [5.41, 5.74) is 1.33. The molecule has 2 rings (SSSR count). The number of hydrogen-bond acceptors (Lipinski definition) is 3. The third-order valence-corrected chi connectivity index (χ3v) is 3.36. The van der Waals surface area contributed by atoms with Gasteiger partial charge in [-0.25, -0.2) is 8.78 Å². The van der Waals surface area contributed by atoms with Crippen molar-refractivity contribution >= 4 is 10.1 Å². The monoisotopic (exact) mass is 262 g/mol. The van der Waals surface area contributed by atoms with Gasteiger partial charge in [0, 0.05) is 6.42 Å². The van der Waals surface area contributed by atoms with Gasteiger partial charge in [0.15, 0.2) is 11.6 Å². The normalized spacial score (nSPS) is 20.1. The first-order valence-corrected chi connectivity index (χ1v) is 7.02. The van der Waals surface area contributed by atoms with E-state index in [9.17, 15) is 17.2 Å². The molecule has 6 heteroatoms. The van der Waals surface area contributed by atoms with Crippen LogP contribution in [0.5, 0.6) is 0 Å². The molecule has 1 aliphatic carbocycles. The summed E-state index contributed by atoms with van der Waals surface area (Å²) < 4.78 is 52.8. The number of benzene rings is 1.